The molecule has 8 aromatic rings. The summed E-state index contributed by atoms with van der Waals surface area (Å²) in [6.07, 6.45) is 6.93. The average Bonchev–Trinajstić information content (AvgIpc) is 3.78. The zero-order chi connectivity index (χ0) is 53.4. The summed E-state index contributed by atoms with van der Waals surface area (Å²) >= 11 is 0. The number of rotatable bonds is 5. The van der Waals surface area contributed by atoms with Crippen molar-refractivity contribution in [2.24, 2.45) is 0 Å². The molecule has 0 unspecified atom stereocenters. The summed E-state index contributed by atoms with van der Waals surface area (Å²) in [5.74, 6) is 0. The molecule has 386 valence electrons. The van der Waals surface area contributed by atoms with Crippen molar-refractivity contribution in [2.45, 2.75) is 180 Å². The Hall–Kier alpha value is -6.26. The number of benzene rings is 7. The van der Waals surface area contributed by atoms with Crippen LogP contribution in [-0.4, -0.2) is 6.71 Å². The first-order valence-corrected chi connectivity index (χ1v) is 28.7. The van der Waals surface area contributed by atoms with Gasteiger partial charge in [-0.3, -0.25) is 0 Å². The zero-order valence-corrected chi connectivity index (χ0v) is 48.3. The van der Waals surface area contributed by atoms with E-state index in [1.54, 1.807) is 0 Å². The van der Waals surface area contributed by atoms with E-state index in [0.717, 1.165) is 43.3 Å². The summed E-state index contributed by atoms with van der Waals surface area (Å²) in [5, 5.41) is 1.21. The van der Waals surface area contributed by atoms with E-state index >= 15 is 0 Å². The molecule has 13 rings (SSSR count). The molecule has 0 saturated heterocycles. The lowest BCUT2D eigenvalue weighted by atomic mass is 9.35. The molecule has 2 aliphatic heterocycles. The summed E-state index contributed by atoms with van der Waals surface area (Å²) in [5.41, 5.74) is 27.0. The highest BCUT2D eigenvalue weighted by molar-refractivity contribution is 7.00. The van der Waals surface area contributed by atoms with Crippen LogP contribution in [0.3, 0.4) is 0 Å². The fourth-order valence-corrected chi connectivity index (χ4v) is 15.0. The van der Waals surface area contributed by atoms with E-state index in [2.05, 4.69) is 247 Å². The summed E-state index contributed by atoms with van der Waals surface area (Å²) in [6.45, 7) is 36.5. The van der Waals surface area contributed by atoms with Gasteiger partial charge in [-0.05, 0) is 199 Å². The number of nitrogens with zero attached hydrogens (tertiary/aromatic N) is 2. The van der Waals surface area contributed by atoms with Crippen LogP contribution in [0.15, 0.2) is 138 Å². The van der Waals surface area contributed by atoms with Gasteiger partial charge in [-0.25, -0.2) is 0 Å². The summed E-state index contributed by atoms with van der Waals surface area (Å²) in [6, 6.07) is 52.5. The molecule has 3 nitrogen and oxygen atoms in total. The predicted molar refractivity (Wildman–Crippen MR) is 325 cm³/mol. The molecule has 0 saturated carbocycles. The van der Waals surface area contributed by atoms with Crippen LogP contribution in [-0.2, 0) is 37.9 Å². The SMILES string of the molecule is Cc1cc2c3c(c1)N(c1ccc4c(c1)C(C)(C)CCC4(C)C)c1c(oc4cc5c(cc14)C(C)(C)CCC5(C)C)B3c1cc(C(C)(C)c3ccccc3)ccc1N2c1cc2c(cc1-c1ccccc1)C(C)(C)CCC2(C)C. The third-order valence-corrected chi connectivity index (χ3v) is 20.4. The fraction of sp³-hybridized carbons (Fsp3) is 0.389. The van der Waals surface area contributed by atoms with Gasteiger partial charge >= 0.3 is 0 Å². The Labute approximate surface area is 455 Å². The molecule has 5 aliphatic rings. The zero-order valence-electron chi connectivity index (χ0n) is 48.3. The maximum atomic E-state index is 7.80. The highest BCUT2D eigenvalue weighted by Crippen LogP contribution is 2.56. The van der Waals surface area contributed by atoms with Crippen LogP contribution in [0.1, 0.15) is 186 Å². The normalized spacial score (nSPS) is 19.8. The molecule has 4 heteroatoms. The van der Waals surface area contributed by atoms with Crippen LogP contribution in [0.25, 0.3) is 22.1 Å². The van der Waals surface area contributed by atoms with Crippen molar-refractivity contribution >= 4 is 68.4 Å². The third-order valence-electron chi connectivity index (χ3n) is 20.4. The molecule has 3 aliphatic carbocycles. The van der Waals surface area contributed by atoms with Crippen molar-refractivity contribution in [3.05, 3.63) is 184 Å². The Morgan fingerprint density at radius 2 is 0.961 bits per heavy atom. The minimum absolute atomic E-state index is 0.00261. The quantitative estimate of drug-likeness (QED) is 0.160. The number of fused-ring (bicyclic) bond motifs is 9. The summed E-state index contributed by atoms with van der Waals surface area (Å²) < 4.78 is 7.80. The minimum Gasteiger partial charge on any atom is -0.468 e. The van der Waals surface area contributed by atoms with Gasteiger partial charge in [0.1, 0.15) is 5.58 Å². The van der Waals surface area contributed by atoms with Crippen molar-refractivity contribution in [3.63, 3.8) is 0 Å². The van der Waals surface area contributed by atoms with Gasteiger partial charge in [0.2, 0.25) is 0 Å². The lowest BCUT2D eigenvalue weighted by Gasteiger charge is -2.46. The maximum absolute atomic E-state index is 7.80. The molecule has 7 aromatic carbocycles. The molecule has 0 bridgehead atoms. The van der Waals surface area contributed by atoms with E-state index < -0.39 is 0 Å². The van der Waals surface area contributed by atoms with Gasteiger partial charge in [-0.15, -0.1) is 0 Å². The average molecular weight is 999 g/mol. The van der Waals surface area contributed by atoms with E-state index in [0.29, 0.717) is 0 Å². The second-order valence-corrected chi connectivity index (χ2v) is 28.6. The lowest BCUT2D eigenvalue weighted by Crippen LogP contribution is -2.61. The second kappa shape index (κ2) is 16.2. The molecule has 0 N–H and O–H groups in total. The first-order valence-electron chi connectivity index (χ1n) is 28.7. The number of anilines is 6. The van der Waals surface area contributed by atoms with Crippen molar-refractivity contribution in [3.8, 4) is 11.1 Å². The molecule has 0 amide bonds. The Morgan fingerprint density at radius 3 is 1.57 bits per heavy atom. The van der Waals surface area contributed by atoms with Crippen LogP contribution < -0.4 is 26.4 Å². The minimum atomic E-state index is -0.272. The van der Waals surface area contributed by atoms with E-state index in [9.17, 15) is 0 Å². The molecular formula is C72H79BN2O. The number of hydrogen-bond acceptors (Lipinski definition) is 3. The summed E-state index contributed by atoms with van der Waals surface area (Å²) in [7, 11) is 0. The largest absolute Gasteiger partial charge is 0.468 e. The second-order valence-electron chi connectivity index (χ2n) is 28.6. The highest BCUT2D eigenvalue weighted by atomic mass is 16.3. The fourth-order valence-electron chi connectivity index (χ4n) is 15.0. The number of aryl methyl sites for hydroxylation is 1. The van der Waals surface area contributed by atoms with Crippen molar-refractivity contribution in [1.29, 1.82) is 0 Å². The Balaban J connectivity index is 1.17. The van der Waals surface area contributed by atoms with Gasteiger partial charge in [0.15, 0.2) is 0 Å². The van der Waals surface area contributed by atoms with Gasteiger partial charge in [0.05, 0.1) is 17.0 Å². The van der Waals surface area contributed by atoms with Crippen LogP contribution in [0, 0.1) is 6.92 Å². The monoisotopic (exact) mass is 999 g/mol. The maximum Gasteiger partial charge on any atom is 0.297 e. The van der Waals surface area contributed by atoms with Gasteiger partial charge in [-0.1, -0.05) is 176 Å². The molecule has 0 spiro atoms. The van der Waals surface area contributed by atoms with Gasteiger partial charge in [-0.2, -0.15) is 0 Å². The van der Waals surface area contributed by atoms with E-state index in [4.69, 9.17) is 4.42 Å². The van der Waals surface area contributed by atoms with Gasteiger partial charge < -0.3 is 14.2 Å². The molecule has 0 fully saturated rings. The predicted octanol–water partition coefficient (Wildman–Crippen LogP) is 17.9. The molecule has 0 radical (unpaired) electrons. The van der Waals surface area contributed by atoms with Crippen LogP contribution in [0.2, 0.25) is 0 Å². The molecule has 76 heavy (non-hydrogen) atoms. The highest BCUT2D eigenvalue weighted by Gasteiger charge is 2.50. The Kier molecular flexibility index (Phi) is 10.5. The van der Waals surface area contributed by atoms with E-state index in [1.807, 2.05) is 0 Å². The molecule has 1 aromatic heterocycles. The Bertz CT molecular complexity index is 3710. The van der Waals surface area contributed by atoms with Crippen LogP contribution in [0.5, 0.6) is 0 Å². The van der Waals surface area contributed by atoms with Crippen molar-refractivity contribution in [2.75, 3.05) is 9.80 Å². The molecule has 3 heterocycles. The first-order chi connectivity index (χ1) is 35.8. The first kappa shape index (κ1) is 49.3. The van der Waals surface area contributed by atoms with E-state index in [1.165, 1.54) is 118 Å². The number of hydrogen-bond donors (Lipinski definition) is 0. The number of furan rings is 1. The third kappa shape index (κ3) is 7.20. The smallest absolute Gasteiger partial charge is 0.297 e. The Morgan fingerprint density at radius 1 is 0.447 bits per heavy atom. The summed E-state index contributed by atoms with van der Waals surface area (Å²) in [4.78, 5) is 5.34. The van der Waals surface area contributed by atoms with Crippen molar-refractivity contribution < 1.29 is 4.42 Å². The molecular weight excluding hydrogens is 920 g/mol. The van der Waals surface area contributed by atoms with Crippen LogP contribution in [0.4, 0.5) is 34.1 Å². The lowest BCUT2D eigenvalue weighted by molar-refractivity contribution is 0.332. The van der Waals surface area contributed by atoms with E-state index in [-0.39, 0.29) is 44.6 Å². The van der Waals surface area contributed by atoms with Gasteiger partial charge in [0.25, 0.3) is 6.71 Å². The standard InChI is InChI=1S/C72H79BN2O/c1-44-36-60-63-61(37-44)75(59-42-55-53(68(6,7)32-34-70(55,10)11)40-49(59)45-22-18-16-19-23-45)58-29-26-47(72(14,15)46-24-20-17-21-25-46)38-57(58)73(63)65-64(50-41-54-56(43-62(50)76-65)71(12,13)35-33-69(54,8)9)74(60)48-27-28-51-52(39-48)67(4,5)31-30-66(51,2)3/h16-29,36-43H,30-35H2,1-15H3. The topological polar surface area (TPSA) is 19.6 Å². The van der Waals surface area contributed by atoms with Crippen molar-refractivity contribution in [1.82, 2.24) is 0 Å². The molecule has 0 atom stereocenters. The van der Waals surface area contributed by atoms with Crippen LogP contribution >= 0.6 is 0 Å². The van der Waals surface area contributed by atoms with Gasteiger partial charge in [0, 0.05) is 39.1 Å².